The first-order valence-electron chi connectivity index (χ1n) is 6.90. The van der Waals surface area contributed by atoms with Gasteiger partial charge in [0.15, 0.2) is 5.82 Å². The Morgan fingerprint density at radius 2 is 2.20 bits per heavy atom. The lowest BCUT2D eigenvalue weighted by molar-refractivity contribution is 0.429. The minimum Gasteiger partial charge on any atom is -0.354 e. The van der Waals surface area contributed by atoms with E-state index in [2.05, 4.69) is 20.4 Å². The van der Waals surface area contributed by atoms with E-state index >= 15 is 0 Å². The second-order valence-corrected chi connectivity index (χ2v) is 7.66. The van der Waals surface area contributed by atoms with Crippen molar-refractivity contribution >= 4 is 15.7 Å². The summed E-state index contributed by atoms with van der Waals surface area (Å²) in [6.45, 7) is 4.25. The molecule has 0 amide bonds. The number of nitrogens with one attached hydrogen (secondary N) is 1. The topological polar surface area (TPSA) is 75.2 Å². The van der Waals surface area contributed by atoms with E-state index in [0.717, 1.165) is 37.4 Å². The molecule has 7 heteroatoms. The average Bonchev–Trinajstić information content (AvgIpc) is 2.38. The predicted molar refractivity (Wildman–Crippen MR) is 79.7 cm³/mol. The van der Waals surface area contributed by atoms with Crippen molar-refractivity contribution in [2.45, 2.75) is 25.8 Å². The monoisotopic (exact) mass is 298 g/mol. The SMILES string of the molecule is Cc1ccc(N2CCC[C@H](NCCS(C)(=O)=O)C2)nn1. The molecule has 1 aliphatic rings. The molecule has 0 radical (unpaired) electrons. The van der Waals surface area contributed by atoms with E-state index in [1.54, 1.807) is 0 Å². The van der Waals surface area contributed by atoms with E-state index in [1.165, 1.54) is 6.26 Å². The van der Waals surface area contributed by atoms with Crippen LogP contribution in [0.25, 0.3) is 0 Å². The molecule has 0 aliphatic carbocycles. The number of aromatic nitrogens is 2. The van der Waals surface area contributed by atoms with Gasteiger partial charge in [0.1, 0.15) is 9.84 Å². The van der Waals surface area contributed by atoms with Crippen LogP contribution in [0, 0.1) is 6.92 Å². The number of nitrogens with zero attached hydrogens (tertiary/aromatic N) is 3. The van der Waals surface area contributed by atoms with Crippen molar-refractivity contribution in [2.24, 2.45) is 0 Å². The third-order valence-electron chi connectivity index (χ3n) is 3.44. The van der Waals surface area contributed by atoms with Gasteiger partial charge in [-0.25, -0.2) is 8.42 Å². The Morgan fingerprint density at radius 1 is 1.40 bits per heavy atom. The maximum Gasteiger partial charge on any atom is 0.151 e. The Labute approximate surface area is 120 Å². The first kappa shape index (κ1) is 15.2. The van der Waals surface area contributed by atoms with Gasteiger partial charge >= 0.3 is 0 Å². The number of anilines is 1. The molecule has 1 aliphatic heterocycles. The van der Waals surface area contributed by atoms with E-state index in [-0.39, 0.29) is 5.75 Å². The summed E-state index contributed by atoms with van der Waals surface area (Å²) in [6.07, 6.45) is 3.41. The van der Waals surface area contributed by atoms with Crippen LogP contribution in [0.5, 0.6) is 0 Å². The van der Waals surface area contributed by atoms with Crippen LogP contribution in [-0.4, -0.2) is 56.3 Å². The first-order valence-corrected chi connectivity index (χ1v) is 8.96. The van der Waals surface area contributed by atoms with Crippen LogP contribution in [0.2, 0.25) is 0 Å². The molecule has 6 nitrogen and oxygen atoms in total. The summed E-state index contributed by atoms with van der Waals surface area (Å²) >= 11 is 0. The van der Waals surface area contributed by atoms with E-state index in [0.29, 0.717) is 12.6 Å². The van der Waals surface area contributed by atoms with Crippen LogP contribution in [0.15, 0.2) is 12.1 Å². The zero-order valence-electron chi connectivity index (χ0n) is 12.0. The van der Waals surface area contributed by atoms with Gasteiger partial charge < -0.3 is 10.2 Å². The summed E-state index contributed by atoms with van der Waals surface area (Å²) in [4.78, 5) is 2.20. The number of rotatable bonds is 5. The van der Waals surface area contributed by atoms with E-state index in [9.17, 15) is 8.42 Å². The molecule has 0 bridgehead atoms. The van der Waals surface area contributed by atoms with Gasteiger partial charge in [-0.05, 0) is 31.9 Å². The van der Waals surface area contributed by atoms with Crippen molar-refractivity contribution in [3.8, 4) is 0 Å². The first-order chi connectivity index (χ1) is 9.44. The highest BCUT2D eigenvalue weighted by Crippen LogP contribution is 2.17. The normalized spacial score (nSPS) is 20.1. The zero-order valence-corrected chi connectivity index (χ0v) is 12.9. The van der Waals surface area contributed by atoms with Gasteiger partial charge in [0, 0.05) is 31.9 Å². The molecule has 2 heterocycles. The highest BCUT2D eigenvalue weighted by molar-refractivity contribution is 7.90. The van der Waals surface area contributed by atoms with Gasteiger partial charge in [-0.15, -0.1) is 5.10 Å². The maximum absolute atomic E-state index is 11.1. The third kappa shape index (κ3) is 4.72. The predicted octanol–water partition coefficient (Wildman–Crippen LogP) is 0.388. The van der Waals surface area contributed by atoms with Crippen LogP contribution in [0.1, 0.15) is 18.5 Å². The lowest BCUT2D eigenvalue weighted by atomic mass is 10.1. The van der Waals surface area contributed by atoms with E-state index < -0.39 is 9.84 Å². The fourth-order valence-electron chi connectivity index (χ4n) is 2.36. The van der Waals surface area contributed by atoms with Gasteiger partial charge in [-0.3, -0.25) is 0 Å². The van der Waals surface area contributed by atoms with Crippen LogP contribution < -0.4 is 10.2 Å². The van der Waals surface area contributed by atoms with Crippen molar-refractivity contribution in [1.82, 2.24) is 15.5 Å². The molecular formula is C13H22N4O2S. The summed E-state index contributed by atoms with van der Waals surface area (Å²) in [7, 11) is -2.89. The molecule has 1 aromatic heterocycles. The van der Waals surface area contributed by atoms with Gasteiger partial charge in [-0.1, -0.05) is 0 Å². The summed E-state index contributed by atoms with van der Waals surface area (Å²) < 4.78 is 22.2. The Hall–Kier alpha value is -1.21. The molecular weight excluding hydrogens is 276 g/mol. The Bertz CT molecular complexity index is 530. The third-order valence-corrected chi connectivity index (χ3v) is 4.38. The second kappa shape index (κ2) is 6.49. The number of aryl methyl sites for hydroxylation is 1. The van der Waals surface area contributed by atoms with Crippen LogP contribution in [0.3, 0.4) is 0 Å². The zero-order chi connectivity index (χ0) is 14.6. The number of sulfone groups is 1. The van der Waals surface area contributed by atoms with Gasteiger partial charge in [0.2, 0.25) is 0 Å². The fraction of sp³-hybridized carbons (Fsp3) is 0.692. The largest absolute Gasteiger partial charge is 0.354 e. The highest BCUT2D eigenvalue weighted by atomic mass is 32.2. The second-order valence-electron chi connectivity index (χ2n) is 5.40. The molecule has 1 aromatic rings. The molecule has 2 rings (SSSR count). The highest BCUT2D eigenvalue weighted by Gasteiger charge is 2.20. The Kier molecular flexibility index (Phi) is 4.93. The minimum absolute atomic E-state index is 0.188. The van der Waals surface area contributed by atoms with Crippen molar-refractivity contribution in [2.75, 3.05) is 36.5 Å². The molecule has 1 atom stereocenters. The lowest BCUT2D eigenvalue weighted by Gasteiger charge is -2.33. The van der Waals surface area contributed by atoms with Crippen molar-refractivity contribution in [3.63, 3.8) is 0 Å². The van der Waals surface area contributed by atoms with Crippen LogP contribution in [0.4, 0.5) is 5.82 Å². The molecule has 1 saturated heterocycles. The Morgan fingerprint density at radius 3 is 2.85 bits per heavy atom. The standard InChI is InChI=1S/C13H22N4O2S/c1-11-5-6-13(16-15-11)17-8-3-4-12(10-17)14-7-9-20(2,18)19/h5-6,12,14H,3-4,7-10H2,1-2H3/t12-/m0/s1. The summed E-state index contributed by atoms with van der Waals surface area (Å²) in [5.74, 6) is 1.08. The van der Waals surface area contributed by atoms with E-state index in [4.69, 9.17) is 0 Å². The van der Waals surface area contributed by atoms with E-state index in [1.807, 2.05) is 19.1 Å². The molecule has 0 saturated carbocycles. The van der Waals surface area contributed by atoms with Gasteiger partial charge in [0.05, 0.1) is 11.4 Å². The number of piperidine rings is 1. The molecule has 0 unspecified atom stereocenters. The number of hydrogen-bond donors (Lipinski definition) is 1. The smallest absolute Gasteiger partial charge is 0.151 e. The number of hydrogen-bond acceptors (Lipinski definition) is 6. The lowest BCUT2D eigenvalue weighted by Crippen LogP contribution is -2.47. The Balaban J connectivity index is 1.87. The summed E-state index contributed by atoms with van der Waals surface area (Å²) in [6, 6.07) is 4.26. The van der Waals surface area contributed by atoms with Crippen LogP contribution >= 0.6 is 0 Å². The maximum atomic E-state index is 11.1. The molecule has 1 fully saturated rings. The van der Waals surface area contributed by atoms with Crippen molar-refractivity contribution < 1.29 is 8.42 Å². The minimum atomic E-state index is -2.89. The molecule has 112 valence electrons. The average molecular weight is 298 g/mol. The summed E-state index contributed by atoms with van der Waals surface area (Å²) in [5.41, 5.74) is 0.911. The van der Waals surface area contributed by atoms with Crippen molar-refractivity contribution in [1.29, 1.82) is 0 Å². The van der Waals surface area contributed by atoms with Gasteiger partial charge in [0.25, 0.3) is 0 Å². The fourth-order valence-corrected chi connectivity index (χ4v) is 2.85. The van der Waals surface area contributed by atoms with Crippen LogP contribution in [-0.2, 0) is 9.84 Å². The summed E-state index contributed by atoms with van der Waals surface area (Å²) in [5, 5.41) is 11.6. The molecule has 1 N–H and O–H groups in total. The van der Waals surface area contributed by atoms with Crippen molar-refractivity contribution in [3.05, 3.63) is 17.8 Å². The van der Waals surface area contributed by atoms with Gasteiger partial charge in [-0.2, -0.15) is 5.10 Å². The molecule has 0 aromatic carbocycles. The molecule has 20 heavy (non-hydrogen) atoms. The quantitative estimate of drug-likeness (QED) is 0.847. The molecule has 0 spiro atoms.